The van der Waals surface area contributed by atoms with E-state index >= 15 is 0 Å². The van der Waals surface area contributed by atoms with Crippen LogP contribution >= 0.6 is 15.9 Å². The predicted octanol–water partition coefficient (Wildman–Crippen LogP) is 2.80. The number of rotatable bonds is 3. The van der Waals surface area contributed by atoms with Gasteiger partial charge in [0.1, 0.15) is 5.75 Å². The maximum Gasteiger partial charge on any atom is 0.348 e. The highest BCUT2D eigenvalue weighted by Gasteiger charge is 2.13. The Balaban J connectivity index is 1.82. The number of aryl methyl sites for hydroxylation is 2. The normalized spacial score (nSPS) is 13.1. The van der Waals surface area contributed by atoms with Crippen LogP contribution in [0.15, 0.2) is 27.5 Å². The molecule has 0 aliphatic carbocycles. The van der Waals surface area contributed by atoms with Crippen LogP contribution in [0.5, 0.6) is 5.75 Å². The molecule has 1 aliphatic heterocycles. The van der Waals surface area contributed by atoms with Gasteiger partial charge in [0.2, 0.25) is 0 Å². The van der Waals surface area contributed by atoms with Gasteiger partial charge in [0, 0.05) is 18.7 Å². The number of ether oxygens (including phenoxy) is 1. The zero-order valence-corrected chi connectivity index (χ0v) is 13.7. The van der Waals surface area contributed by atoms with Crippen molar-refractivity contribution in [1.29, 1.82) is 0 Å². The van der Waals surface area contributed by atoms with E-state index < -0.39 is 0 Å². The minimum atomic E-state index is -0.183. The summed E-state index contributed by atoms with van der Waals surface area (Å²) in [6, 6.07) is 6.27. The fourth-order valence-corrected chi connectivity index (χ4v) is 2.98. The van der Waals surface area contributed by atoms with Crippen molar-refractivity contribution in [3.05, 3.63) is 55.7 Å². The lowest BCUT2D eigenvalue weighted by Crippen LogP contribution is -2.27. The second kappa shape index (κ2) is 5.64. The Labute approximate surface area is 131 Å². The monoisotopic (exact) mass is 348 g/mol. The molecule has 1 aliphatic rings. The van der Waals surface area contributed by atoms with Gasteiger partial charge in [0.05, 0.1) is 16.8 Å². The molecule has 110 valence electrons. The third-order valence-electron chi connectivity index (χ3n) is 3.91. The van der Waals surface area contributed by atoms with Crippen molar-refractivity contribution in [2.75, 3.05) is 6.61 Å². The molecule has 0 bridgehead atoms. The summed E-state index contributed by atoms with van der Waals surface area (Å²) >= 11 is 3.49. The van der Waals surface area contributed by atoms with Crippen molar-refractivity contribution in [2.45, 2.75) is 33.2 Å². The lowest BCUT2D eigenvalue weighted by atomic mass is 10.1. The molecular formula is C16H17BrN2O2. The van der Waals surface area contributed by atoms with E-state index in [-0.39, 0.29) is 5.69 Å². The van der Waals surface area contributed by atoms with Gasteiger partial charge in [-0.15, -0.1) is 0 Å². The molecule has 0 radical (unpaired) electrons. The Bertz CT molecular complexity index is 753. The van der Waals surface area contributed by atoms with Crippen LogP contribution in [-0.2, 0) is 19.4 Å². The maximum atomic E-state index is 12.0. The predicted molar refractivity (Wildman–Crippen MR) is 85.0 cm³/mol. The second-order valence-electron chi connectivity index (χ2n) is 5.32. The minimum absolute atomic E-state index is 0.183. The molecule has 4 nitrogen and oxygen atoms in total. The van der Waals surface area contributed by atoms with Gasteiger partial charge in [-0.25, -0.2) is 4.79 Å². The molecule has 1 aromatic heterocycles. The first-order chi connectivity index (χ1) is 10.1. The van der Waals surface area contributed by atoms with Crippen molar-refractivity contribution in [1.82, 2.24) is 9.55 Å². The molecule has 0 spiro atoms. The average molecular weight is 349 g/mol. The van der Waals surface area contributed by atoms with Crippen LogP contribution in [0, 0.1) is 13.8 Å². The number of halogens is 1. The van der Waals surface area contributed by atoms with Crippen molar-refractivity contribution in [3.8, 4) is 5.75 Å². The van der Waals surface area contributed by atoms with E-state index in [1.165, 1.54) is 11.1 Å². The van der Waals surface area contributed by atoms with Gasteiger partial charge in [-0.1, -0.05) is 12.1 Å². The molecule has 0 saturated carbocycles. The van der Waals surface area contributed by atoms with Crippen LogP contribution in [0.2, 0.25) is 0 Å². The van der Waals surface area contributed by atoms with E-state index in [1.54, 1.807) is 4.57 Å². The third kappa shape index (κ3) is 2.75. The summed E-state index contributed by atoms with van der Waals surface area (Å²) in [6.07, 6.45) is 1.78. The minimum Gasteiger partial charge on any atom is -0.493 e. The Morgan fingerprint density at radius 1 is 1.38 bits per heavy atom. The van der Waals surface area contributed by atoms with Crippen LogP contribution in [0.1, 0.15) is 22.5 Å². The Kier molecular flexibility index (Phi) is 3.85. The maximum absolute atomic E-state index is 12.0. The highest BCUT2D eigenvalue weighted by atomic mass is 79.9. The van der Waals surface area contributed by atoms with E-state index in [0.29, 0.717) is 6.54 Å². The van der Waals surface area contributed by atoms with Crippen LogP contribution in [0.25, 0.3) is 0 Å². The number of hydrogen-bond donors (Lipinski definition) is 0. The van der Waals surface area contributed by atoms with E-state index in [1.807, 2.05) is 19.9 Å². The Morgan fingerprint density at radius 3 is 3.00 bits per heavy atom. The molecule has 1 aromatic carbocycles. The van der Waals surface area contributed by atoms with Crippen molar-refractivity contribution >= 4 is 15.9 Å². The lowest BCUT2D eigenvalue weighted by Gasteiger charge is -2.12. The van der Waals surface area contributed by atoms with Crippen LogP contribution < -0.4 is 10.4 Å². The van der Waals surface area contributed by atoms with Crippen LogP contribution in [-0.4, -0.2) is 16.2 Å². The number of hydrogen-bond acceptors (Lipinski definition) is 3. The van der Waals surface area contributed by atoms with Crippen molar-refractivity contribution in [3.63, 3.8) is 0 Å². The van der Waals surface area contributed by atoms with Crippen molar-refractivity contribution < 1.29 is 4.74 Å². The first kappa shape index (κ1) is 14.3. The Morgan fingerprint density at radius 2 is 2.19 bits per heavy atom. The van der Waals surface area contributed by atoms with Gasteiger partial charge < -0.3 is 4.74 Å². The van der Waals surface area contributed by atoms with Gasteiger partial charge in [-0.2, -0.15) is 4.98 Å². The molecule has 3 rings (SSSR count). The standard InChI is InChI=1S/C16H17BrN2O2/c1-10-15(17)11(2)19(16(20)18-10)7-5-12-3-4-14-13(9-12)6-8-21-14/h3-4,9H,5-8H2,1-2H3. The summed E-state index contributed by atoms with van der Waals surface area (Å²) in [4.78, 5) is 16.1. The van der Waals surface area contributed by atoms with Gasteiger partial charge in [0.15, 0.2) is 0 Å². The van der Waals surface area contributed by atoms with Gasteiger partial charge in [-0.05, 0) is 53.4 Å². The van der Waals surface area contributed by atoms with Crippen LogP contribution in [0.4, 0.5) is 0 Å². The summed E-state index contributed by atoms with van der Waals surface area (Å²) in [5.41, 5.74) is 3.97. The van der Waals surface area contributed by atoms with Gasteiger partial charge in [0.25, 0.3) is 0 Å². The van der Waals surface area contributed by atoms with E-state index in [4.69, 9.17) is 4.74 Å². The number of fused-ring (bicyclic) bond motifs is 1. The van der Waals surface area contributed by atoms with Gasteiger partial charge >= 0.3 is 5.69 Å². The topological polar surface area (TPSA) is 44.1 Å². The molecule has 2 aromatic rings. The third-order valence-corrected chi connectivity index (χ3v) is 5.06. The molecule has 5 heteroatoms. The molecule has 0 amide bonds. The molecule has 0 saturated heterocycles. The molecule has 21 heavy (non-hydrogen) atoms. The highest BCUT2D eigenvalue weighted by molar-refractivity contribution is 9.10. The number of nitrogens with zero attached hydrogens (tertiary/aromatic N) is 2. The average Bonchev–Trinajstić information content (AvgIpc) is 2.92. The number of benzene rings is 1. The first-order valence-electron chi connectivity index (χ1n) is 7.04. The second-order valence-corrected chi connectivity index (χ2v) is 6.11. The zero-order chi connectivity index (χ0) is 15.0. The SMILES string of the molecule is Cc1nc(=O)n(CCc2ccc3c(c2)CCO3)c(C)c1Br. The van der Waals surface area contributed by atoms with Crippen molar-refractivity contribution in [2.24, 2.45) is 0 Å². The van der Waals surface area contributed by atoms with Crippen LogP contribution in [0.3, 0.4) is 0 Å². The smallest absolute Gasteiger partial charge is 0.348 e. The fourth-order valence-electron chi connectivity index (χ4n) is 2.68. The summed E-state index contributed by atoms with van der Waals surface area (Å²) < 4.78 is 8.14. The molecule has 0 N–H and O–H groups in total. The van der Waals surface area contributed by atoms with E-state index in [2.05, 4.69) is 33.0 Å². The Hall–Kier alpha value is -1.62. The van der Waals surface area contributed by atoms with E-state index in [9.17, 15) is 4.79 Å². The zero-order valence-electron chi connectivity index (χ0n) is 12.1. The largest absolute Gasteiger partial charge is 0.493 e. The summed E-state index contributed by atoms with van der Waals surface area (Å²) in [5.74, 6) is 0.992. The summed E-state index contributed by atoms with van der Waals surface area (Å²) in [5, 5.41) is 0. The summed E-state index contributed by atoms with van der Waals surface area (Å²) in [6.45, 7) is 5.18. The van der Waals surface area contributed by atoms with Gasteiger partial charge in [-0.3, -0.25) is 4.57 Å². The molecule has 0 unspecified atom stereocenters. The van der Waals surface area contributed by atoms with E-state index in [0.717, 1.165) is 41.1 Å². The lowest BCUT2D eigenvalue weighted by molar-refractivity contribution is 0.357. The highest BCUT2D eigenvalue weighted by Crippen LogP contribution is 2.26. The molecule has 0 atom stereocenters. The first-order valence-corrected chi connectivity index (χ1v) is 7.83. The molecule has 0 fully saturated rings. The fraction of sp³-hybridized carbons (Fsp3) is 0.375. The quantitative estimate of drug-likeness (QED) is 0.856. The molecular weight excluding hydrogens is 332 g/mol. The summed E-state index contributed by atoms with van der Waals surface area (Å²) in [7, 11) is 0. The molecule has 2 heterocycles. The number of aromatic nitrogens is 2.